The number of rotatable bonds is 6. The average Bonchev–Trinajstić information content (AvgIpc) is 3.28. The van der Waals surface area contributed by atoms with Crippen LogP contribution in [0.3, 0.4) is 0 Å². The second-order valence-corrected chi connectivity index (χ2v) is 16.4. The van der Waals surface area contributed by atoms with Gasteiger partial charge in [-0.15, -0.1) is 0 Å². The topological polar surface area (TPSA) is 0 Å². The molecule has 0 unspecified atom stereocenters. The zero-order valence-corrected chi connectivity index (χ0v) is 32.3. The molecule has 0 saturated carbocycles. The molecule has 0 amide bonds. The van der Waals surface area contributed by atoms with Crippen molar-refractivity contribution in [2.45, 2.75) is 0 Å². The van der Waals surface area contributed by atoms with Crippen LogP contribution in [0.5, 0.6) is 0 Å². The average molecular weight is 737 g/mol. The molecule has 0 N–H and O–H groups in total. The largest absolute Gasteiger partial charge is 0.121 e. The molecular weight excluding hydrogens is 701 g/mol. The Hall–Kier alpha value is -7.06. The second kappa shape index (κ2) is 13.9. The van der Waals surface area contributed by atoms with E-state index in [4.69, 9.17) is 0 Å². The lowest BCUT2D eigenvalue weighted by molar-refractivity contribution is 1.60. The van der Waals surface area contributed by atoms with Crippen molar-refractivity contribution >= 4 is 73.8 Å². The lowest BCUT2D eigenvalue weighted by Crippen LogP contribution is -2.26. The van der Waals surface area contributed by atoms with E-state index in [0.29, 0.717) is 9.52 Å². The van der Waals surface area contributed by atoms with E-state index in [1.807, 2.05) is 0 Å². The minimum absolute atomic E-state index is 0.550. The molecule has 0 saturated heterocycles. The fourth-order valence-corrected chi connectivity index (χ4v) is 9.91. The van der Waals surface area contributed by atoms with Crippen molar-refractivity contribution in [2.75, 3.05) is 0 Å². The first-order chi connectivity index (χ1) is 28.2. The van der Waals surface area contributed by atoms with Crippen LogP contribution in [-0.4, -0.2) is 9.52 Å². The molecule has 11 rings (SSSR count). The third-order valence-corrected chi connectivity index (χ3v) is 12.8. The summed E-state index contributed by atoms with van der Waals surface area (Å²) in [6.45, 7) is 0. The summed E-state index contributed by atoms with van der Waals surface area (Å²) in [6, 6.07) is 81.0. The summed E-state index contributed by atoms with van der Waals surface area (Å²) in [5.41, 5.74) is 9.88. The molecular formula is C56H36Si. The number of hydrogen-bond donors (Lipinski definition) is 0. The van der Waals surface area contributed by atoms with Crippen molar-refractivity contribution < 1.29 is 0 Å². The first-order valence-electron chi connectivity index (χ1n) is 19.7. The normalized spacial score (nSPS) is 11.6. The second-order valence-electron chi connectivity index (χ2n) is 15.0. The van der Waals surface area contributed by atoms with E-state index in [9.17, 15) is 0 Å². The van der Waals surface area contributed by atoms with E-state index >= 15 is 0 Å². The fraction of sp³-hybridized carbons (Fsp3) is 0. The zero-order chi connectivity index (χ0) is 37.7. The Morgan fingerprint density at radius 1 is 0.228 bits per heavy atom. The Labute approximate surface area is 335 Å². The van der Waals surface area contributed by atoms with Crippen LogP contribution >= 0.6 is 0 Å². The summed E-state index contributed by atoms with van der Waals surface area (Å²) in [4.78, 5) is 0. The Morgan fingerprint density at radius 2 is 0.737 bits per heavy atom. The third-order valence-electron chi connectivity index (χ3n) is 11.5. The summed E-state index contributed by atoms with van der Waals surface area (Å²) in [5, 5.41) is 15.2. The molecule has 0 spiro atoms. The summed E-state index contributed by atoms with van der Waals surface area (Å²) in [5.74, 6) is 0. The highest BCUT2D eigenvalue weighted by Crippen LogP contribution is 2.46. The molecule has 264 valence electrons. The van der Waals surface area contributed by atoms with Crippen LogP contribution in [0.25, 0.3) is 98.4 Å². The molecule has 0 aliphatic heterocycles. The van der Waals surface area contributed by atoms with Gasteiger partial charge in [0.05, 0.1) is 0 Å². The van der Waals surface area contributed by atoms with E-state index < -0.39 is 0 Å². The van der Waals surface area contributed by atoms with Crippen molar-refractivity contribution in [3.8, 4) is 44.5 Å². The van der Waals surface area contributed by atoms with Crippen molar-refractivity contribution in [1.29, 1.82) is 0 Å². The molecule has 0 aliphatic rings. The van der Waals surface area contributed by atoms with E-state index in [1.165, 1.54) is 109 Å². The van der Waals surface area contributed by atoms with Crippen LogP contribution in [-0.2, 0) is 0 Å². The molecule has 0 aromatic heterocycles. The summed E-state index contributed by atoms with van der Waals surface area (Å²) in [6.07, 6.45) is 0. The Balaban J connectivity index is 1.24. The fourth-order valence-electron chi connectivity index (χ4n) is 8.83. The van der Waals surface area contributed by atoms with E-state index in [1.54, 1.807) is 0 Å². The molecule has 0 fully saturated rings. The highest BCUT2D eigenvalue weighted by Gasteiger charge is 2.20. The first kappa shape index (κ1) is 33.3. The van der Waals surface area contributed by atoms with Crippen LogP contribution < -0.4 is 10.4 Å². The lowest BCUT2D eigenvalue weighted by atomic mass is 9.83. The maximum atomic E-state index is 2.48. The van der Waals surface area contributed by atoms with Gasteiger partial charge in [-0.1, -0.05) is 198 Å². The summed E-state index contributed by atoms with van der Waals surface area (Å²) >= 11 is 0. The SMILES string of the molecule is c1ccc([Si]c2ccc3c(-c4cccc5ccccc45)c4ccccc4c(-c4cc(-c5ccc6ccccc6c5)cc(-c5ccc6ccccc6c5)c4)c3c2)cc1. The highest BCUT2D eigenvalue weighted by molar-refractivity contribution is 6.67. The van der Waals surface area contributed by atoms with Gasteiger partial charge in [0.25, 0.3) is 0 Å². The van der Waals surface area contributed by atoms with Crippen LogP contribution in [0.2, 0.25) is 0 Å². The maximum Gasteiger partial charge on any atom is 0.121 e. The Bertz CT molecular complexity index is 3220. The molecule has 2 radical (unpaired) electrons. The van der Waals surface area contributed by atoms with Crippen molar-refractivity contribution in [2.24, 2.45) is 0 Å². The van der Waals surface area contributed by atoms with E-state index in [2.05, 4.69) is 218 Å². The smallest absolute Gasteiger partial charge is 0.0631 e. The van der Waals surface area contributed by atoms with Gasteiger partial charge in [-0.3, -0.25) is 0 Å². The van der Waals surface area contributed by atoms with Gasteiger partial charge in [0.2, 0.25) is 0 Å². The van der Waals surface area contributed by atoms with Gasteiger partial charge in [0, 0.05) is 0 Å². The number of benzene rings is 11. The Morgan fingerprint density at radius 3 is 1.40 bits per heavy atom. The maximum absolute atomic E-state index is 2.48. The third kappa shape index (κ3) is 6.01. The van der Waals surface area contributed by atoms with Gasteiger partial charge in [-0.05, 0) is 129 Å². The van der Waals surface area contributed by atoms with Gasteiger partial charge >= 0.3 is 0 Å². The summed E-state index contributed by atoms with van der Waals surface area (Å²) < 4.78 is 0. The van der Waals surface area contributed by atoms with Crippen molar-refractivity contribution in [3.05, 3.63) is 218 Å². The quantitative estimate of drug-likeness (QED) is 0.118. The molecule has 57 heavy (non-hydrogen) atoms. The van der Waals surface area contributed by atoms with Crippen molar-refractivity contribution in [3.63, 3.8) is 0 Å². The van der Waals surface area contributed by atoms with Gasteiger partial charge in [0.15, 0.2) is 0 Å². The van der Waals surface area contributed by atoms with Crippen LogP contribution in [0, 0.1) is 0 Å². The zero-order valence-electron chi connectivity index (χ0n) is 31.3. The molecule has 0 bridgehead atoms. The van der Waals surface area contributed by atoms with E-state index in [-0.39, 0.29) is 0 Å². The molecule has 0 nitrogen and oxygen atoms in total. The van der Waals surface area contributed by atoms with Gasteiger partial charge < -0.3 is 0 Å². The Kier molecular flexibility index (Phi) is 8.12. The van der Waals surface area contributed by atoms with Gasteiger partial charge in [0.1, 0.15) is 9.52 Å². The number of hydrogen-bond acceptors (Lipinski definition) is 0. The molecule has 0 heterocycles. The molecule has 11 aromatic carbocycles. The molecule has 1 heteroatoms. The molecule has 0 aliphatic carbocycles. The first-order valence-corrected chi connectivity index (χ1v) is 20.7. The van der Waals surface area contributed by atoms with Crippen LogP contribution in [0.4, 0.5) is 0 Å². The van der Waals surface area contributed by atoms with Crippen molar-refractivity contribution in [1.82, 2.24) is 0 Å². The van der Waals surface area contributed by atoms with Crippen LogP contribution in [0.1, 0.15) is 0 Å². The summed E-state index contributed by atoms with van der Waals surface area (Å²) in [7, 11) is 0.550. The highest BCUT2D eigenvalue weighted by atomic mass is 28.2. The predicted molar refractivity (Wildman–Crippen MR) is 247 cm³/mol. The molecule has 11 aromatic rings. The van der Waals surface area contributed by atoms with Gasteiger partial charge in [-0.25, -0.2) is 0 Å². The molecule has 0 atom stereocenters. The predicted octanol–water partition coefficient (Wildman–Crippen LogP) is 13.8. The minimum Gasteiger partial charge on any atom is -0.0631 e. The monoisotopic (exact) mass is 736 g/mol. The standard InChI is InChI=1S/C56H36Si/c1-2-19-47(20-3-1)57-48-29-30-53-54(36-48)55(51-22-10-11-23-52(51)56(53)50-24-12-18-39-15-8-9-21-49(39)50)46-34-44(42-27-25-37-13-4-6-16-40(37)31-42)33-45(35-46)43-28-26-38-14-5-7-17-41(38)32-43/h1-36H. The van der Waals surface area contributed by atoms with Gasteiger partial charge in [-0.2, -0.15) is 0 Å². The number of fused-ring (bicyclic) bond motifs is 5. The minimum atomic E-state index is 0.550. The van der Waals surface area contributed by atoms with Crippen LogP contribution in [0.15, 0.2) is 218 Å². The van der Waals surface area contributed by atoms with E-state index in [0.717, 1.165) is 0 Å². The lowest BCUT2D eigenvalue weighted by Gasteiger charge is -2.21.